The highest BCUT2D eigenvalue weighted by atomic mass is 32.2. The van der Waals surface area contributed by atoms with Crippen LogP contribution in [0.5, 0.6) is 0 Å². The second-order valence-electron chi connectivity index (χ2n) is 5.02. The van der Waals surface area contributed by atoms with Crippen LogP contribution in [0.4, 0.5) is 0 Å². The van der Waals surface area contributed by atoms with Gasteiger partial charge < -0.3 is 5.32 Å². The van der Waals surface area contributed by atoms with Crippen LogP contribution in [0, 0.1) is 5.41 Å². The summed E-state index contributed by atoms with van der Waals surface area (Å²) in [5, 5.41) is 6.40. The van der Waals surface area contributed by atoms with E-state index in [9.17, 15) is 0 Å². The number of thioether (sulfide) groups is 1. The molecule has 2 nitrogen and oxygen atoms in total. The van der Waals surface area contributed by atoms with E-state index in [1.807, 2.05) is 18.0 Å². The van der Waals surface area contributed by atoms with Gasteiger partial charge in [-0.15, -0.1) is 11.3 Å². The van der Waals surface area contributed by atoms with Crippen molar-refractivity contribution in [1.29, 1.82) is 0 Å². The third-order valence-corrected chi connectivity index (χ3v) is 5.63. The summed E-state index contributed by atoms with van der Waals surface area (Å²) in [6.45, 7) is 8.01. The van der Waals surface area contributed by atoms with Crippen molar-refractivity contribution < 1.29 is 0 Å². The van der Waals surface area contributed by atoms with Crippen LogP contribution in [-0.2, 0) is 0 Å². The zero-order valence-corrected chi connectivity index (χ0v) is 11.8. The highest BCUT2D eigenvalue weighted by molar-refractivity contribution is 8.01. The van der Waals surface area contributed by atoms with Crippen LogP contribution in [0.3, 0.4) is 0 Å². The van der Waals surface area contributed by atoms with Crippen LogP contribution in [0.15, 0.2) is 15.9 Å². The summed E-state index contributed by atoms with van der Waals surface area (Å²) >= 11 is 3.71. The van der Waals surface area contributed by atoms with Crippen molar-refractivity contribution in [3.05, 3.63) is 11.6 Å². The fourth-order valence-electron chi connectivity index (χ4n) is 2.49. The Morgan fingerprint density at radius 2 is 2.44 bits per heavy atom. The largest absolute Gasteiger partial charge is 0.313 e. The average Bonchev–Trinajstić information content (AvgIpc) is 2.81. The monoisotopic (exact) mass is 256 g/mol. The van der Waals surface area contributed by atoms with Crippen LogP contribution in [0.1, 0.15) is 33.6 Å². The molecule has 0 radical (unpaired) electrons. The van der Waals surface area contributed by atoms with Crippen molar-refractivity contribution in [3.8, 4) is 0 Å². The summed E-state index contributed by atoms with van der Waals surface area (Å²) in [6.07, 6.45) is 4.51. The number of thiazole rings is 1. The van der Waals surface area contributed by atoms with Crippen molar-refractivity contribution >= 4 is 23.1 Å². The summed E-state index contributed by atoms with van der Waals surface area (Å²) < 4.78 is 1.21. The molecule has 1 heterocycles. The second-order valence-corrected chi connectivity index (χ2v) is 7.40. The van der Waals surface area contributed by atoms with Crippen molar-refractivity contribution in [2.75, 3.05) is 6.54 Å². The number of rotatable bonds is 4. The summed E-state index contributed by atoms with van der Waals surface area (Å²) in [6, 6.07) is 0.617. The molecule has 2 atom stereocenters. The average molecular weight is 256 g/mol. The summed E-state index contributed by atoms with van der Waals surface area (Å²) in [4.78, 5) is 4.38. The Labute approximate surface area is 106 Å². The van der Waals surface area contributed by atoms with Gasteiger partial charge in [-0.05, 0) is 24.8 Å². The third-order valence-electron chi connectivity index (χ3n) is 3.37. The summed E-state index contributed by atoms with van der Waals surface area (Å²) in [5.41, 5.74) is 0.422. The minimum Gasteiger partial charge on any atom is -0.313 e. The highest BCUT2D eigenvalue weighted by Crippen LogP contribution is 2.45. The number of nitrogens with zero attached hydrogens (tertiary/aromatic N) is 1. The van der Waals surface area contributed by atoms with Crippen LogP contribution in [0.25, 0.3) is 0 Å². The number of aromatic nitrogens is 1. The molecule has 0 saturated heterocycles. The molecular formula is C12H20N2S2. The molecular weight excluding hydrogens is 236 g/mol. The zero-order valence-electron chi connectivity index (χ0n) is 10.2. The molecule has 16 heavy (non-hydrogen) atoms. The van der Waals surface area contributed by atoms with E-state index in [4.69, 9.17) is 0 Å². The molecule has 1 saturated carbocycles. The quantitative estimate of drug-likeness (QED) is 0.893. The minimum atomic E-state index is 0.422. The van der Waals surface area contributed by atoms with Gasteiger partial charge in [0.2, 0.25) is 0 Å². The Bertz CT molecular complexity index is 322. The zero-order chi connectivity index (χ0) is 11.6. The predicted octanol–water partition coefficient (Wildman–Crippen LogP) is 3.40. The highest BCUT2D eigenvalue weighted by Gasteiger charge is 2.41. The standard InChI is InChI=1S/C12H20N2S2/c1-4-13-10-9(5-6-12(10,2)3)16-11-14-7-8-15-11/h7-10,13H,4-6H2,1-3H3. The molecule has 4 heteroatoms. The molecule has 0 bridgehead atoms. The van der Waals surface area contributed by atoms with Gasteiger partial charge in [0, 0.05) is 22.9 Å². The van der Waals surface area contributed by atoms with E-state index in [-0.39, 0.29) is 0 Å². The lowest BCUT2D eigenvalue weighted by atomic mass is 9.87. The van der Waals surface area contributed by atoms with E-state index in [0.717, 1.165) is 6.54 Å². The third kappa shape index (κ3) is 2.60. The fourth-order valence-corrected chi connectivity index (χ4v) is 4.83. The van der Waals surface area contributed by atoms with Crippen LogP contribution in [0.2, 0.25) is 0 Å². The van der Waals surface area contributed by atoms with Gasteiger partial charge >= 0.3 is 0 Å². The van der Waals surface area contributed by atoms with Gasteiger partial charge in [0.05, 0.1) is 0 Å². The summed E-state index contributed by atoms with van der Waals surface area (Å²) in [7, 11) is 0. The molecule has 0 aromatic carbocycles. The lowest BCUT2D eigenvalue weighted by molar-refractivity contribution is 0.290. The molecule has 1 aliphatic rings. The predicted molar refractivity (Wildman–Crippen MR) is 72.2 cm³/mol. The lowest BCUT2D eigenvalue weighted by Crippen LogP contribution is -2.43. The fraction of sp³-hybridized carbons (Fsp3) is 0.750. The number of hydrogen-bond acceptors (Lipinski definition) is 4. The Hall–Kier alpha value is -0.0600. The smallest absolute Gasteiger partial charge is 0.150 e. The van der Waals surface area contributed by atoms with Crippen molar-refractivity contribution in [1.82, 2.24) is 10.3 Å². The SMILES string of the molecule is CCNC1C(Sc2nccs2)CCC1(C)C. The molecule has 1 fully saturated rings. The molecule has 1 N–H and O–H groups in total. The maximum Gasteiger partial charge on any atom is 0.150 e. The van der Waals surface area contributed by atoms with Gasteiger partial charge in [-0.3, -0.25) is 0 Å². The van der Waals surface area contributed by atoms with Crippen LogP contribution in [-0.4, -0.2) is 22.8 Å². The summed E-state index contributed by atoms with van der Waals surface area (Å²) in [5.74, 6) is 0. The van der Waals surface area contributed by atoms with Crippen LogP contribution >= 0.6 is 23.1 Å². The molecule has 2 unspecified atom stereocenters. The van der Waals surface area contributed by atoms with Crippen molar-refractivity contribution in [3.63, 3.8) is 0 Å². The minimum absolute atomic E-state index is 0.422. The van der Waals surface area contributed by atoms with Gasteiger partial charge in [0.15, 0.2) is 0 Å². The van der Waals surface area contributed by atoms with E-state index in [1.54, 1.807) is 11.3 Å². The second kappa shape index (κ2) is 5.07. The Morgan fingerprint density at radius 3 is 3.06 bits per heavy atom. The number of hydrogen-bond donors (Lipinski definition) is 1. The van der Waals surface area contributed by atoms with Crippen LogP contribution < -0.4 is 5.32 Å². The first kappa shape index (κ1) is 12.4. The topological polar surface area (TPSA) is 24.9 Å². The molecule has 2 rings (SSSR count). The maximum atomic E-state index is 4.38. The first-order chi connectivity index (χ1) is 7.63. The van der Waals surface area contributed by atoms with Gasteiger partial charge in [-0.25, -0.2) is 4.98 Å². The van der Waals surface area contributed by atoms with E-state index in [2.05, 4.69) is 36.5 Å². The van der Waals surface area contributed by atoms with E-state index >= 15 is 0 Å². The van der Waals surface area contributed by atoms with Gasteiger partial charge in [0.1, 0.15) is 4.34 Å². The Balaban J connectivity index is 2.04. The Kier molecular flexibility index (Phi) is 3.93. The molecule has 90 valence electrons. The van der Waals surface area contributed by atoms with Gasteiger partial charge in [-0.2, -0.15) is 0 Å². The first-order valence-electron chi connectivity index (χ1n) is 5.93. The molecule has 0 aliphatic heterocycles. The lowest BCUT2D eigenvalue weighted by Gasteiger charge is -2.30. The van der Waals surface area contributed by atoms with Gasteiger partial charge in [0.25, 0.3) is 0 Å². The normalized spacial score (nSPS) is 28.4. The van der Waals surface area contributed by atoms with Crippen molar-refractivity contribution in [2.24, 2.45) is 5.41 Å². The maximum absolute atomic E-state index is 4.38. The van der Waals surface area contributed by atoms with E-state index in [0.29, 0.717) is 16.7 Å². The van der Waals surface area contributed by atoms with Crippen molar-refractivity contribution in [2.45, 2.75) is 49.2 Å². The molecule has 1 aromatic rings. The van der Waals surface area contributed by atoms with E-state index in [1.165, 1.54) is 17.2 Å². The van der Waals surface area contributed by atoms with E-state index < -0.39 is 0 Å². The molecule has 1 aromatic heterocycles. The molecule has 0 amide bonds. The number of nitrogens with one attached hydrogen (secondary N) is 1. The Morgan fingerprint density at radius 1 is 1.62 bits per heavy atom. The first-order valence-corrected chi connectivity index (χ1v) is 7.69. The molecule has 0 spiro atoms. The van der Waals surface area contributed by atoms with Gasteiger partial charge in [-0.1, -0.05) is 32.5 Å². The molecule has 1 aliphatic carbocycles.